The summed E-state index contributed by atoms with van der Waals surface area (Å²) >= 11 is 12.0. The molecule has 0 aliphatic heterocycles. The molecule has 140 valence electrons. The molecule has 2 N–H and O–H groups in total. The van der Waals surface area contributed by atoms with Gasteiger partial charge in [-0.3, -0.25) is 0 Å². The molecule has 2 aromatic rings. The second-order valence-electron chi connectivity index (χ2n) is 6.02. The highest BCUT2D eigenvalue weighted by atomic mass is 35.5. The van der Waals surface area contributed by atoms with Gasteiger partial charge in [-0.05, 0) is 56.7 Å². The van der Waals surface area contributed by atoms with E-state index in [4.69, 9.17) is 32.7 Å². The molecule has 1 unspecified atom stereocenters. The Morgan fingerprint density at radius 1 is 1.04 bits per heavy atom. The van der Waals surface area contributed by atoms with Crippen LogP contribution in [-0.2, 0) is 0 Å². The average Bonchev–Trinajstić information content (AvgIpc) is 2.57. The molecule has 0 spiro atoms. The first-order chi connectivity index (χ1) is 12.3. The lowest BCUT2D eigenvalue weighted by molar-refractivity contribution is 0.230. The number of halogens is 2. The topological polar surface area (TPSA) is 59.6 Å². The highest BCUT2D eigenvalue weighted by Gasteiger charge is 2.14. The van der Waals surface area contributed by atoms with Crippen molar-refractivity contribution in [2.45, 2.75) is 32.9 Å². The molecule has 0 aliphatic rings. The minimum atomic E-state index is -0.386. The maximum Gasteiger partial charge on any atom is 0.319 e. The standard InChI is InChI=1S/C19H22Cl2N2O3/c1-11(2)26-17-8-5-13(9-18(17)25-4)12(3)22-19(24)23-16-10-14(20)6-7-15(16)21/h5-12H,1-4H3,(H2,22,23,24). The SMILES string of the molecule is COc1cc(C(C)NC(=O)Nc2cc(Cl)ccc2Cl)ccc1OC(C)C. The zero-order valence-corrected chi connectivity index (χ0v) is 16.6. The monoisotopic (exact) mass is 396 g/mol. The van der Waals surface area contributed by atoms with Crippen molar-refractivity contribution in [1.82, 2.24) is 5.32 Å². The first-order valence-electron chi connectivity index (χ1n) is 8.17. The van der Waals surface area contributed by atoms with E-state index in [1.807, 2.05) is 39.0 Å². The Kier molecular flexibility index (Phi) is 7.00. The first-order valence-corrected chi connectivity index (χ1v) is 8.93. The molecule has 5 nitrogen and oxygen atoms in total. The van der Waals surface area contributed by atoms with Crippen LogP contribution in [0.4, 0.5) is 10.5 Å². The van der Waals surface area contributed by atoms with Crippen molar-refractivity contribution in [1.29, 1.82) is 0 Å². The van der Waals surface area contributed by atoms with Crippen LogP contribution < -0.4 is 20.1 Å². The number of nitrogens with one attached hydrogen (secondary N) is 2. The van der Waals surface area contributed by atoms with Gasteiger partial charge in [0, 0.05) is 5.02 Å². The van der Waals surface area contributed by atoms with Gasteiger partial charge in [0.1, 0.15) is 0 Å². The Morgan fingerprint density at radius 2 is 1.77 bits per heavy atom. The molecule has 0 bridgehead atoms. The number of hydrogen-bond acceptors (Lipinski definition) is 3. The average molecular weight is 397 g/mol. The van der Waals surface area contributed by atoms with Crippen LogP contribution in [-0.4, -0.2) is 19.2 Å². The quantitative estimate of drug-likeness (QED) is 0.660. The minimum Gasteiger partial charge on any atom is -0.493 e. The summed E-state index contributed by atoms with van der Waals surface area (Å²) in [5.74, 6) is 1.27. The number of rotatable bonds is 6. The molecule has 0 saturated heterocycles. The number of hydrogen-bond donors (Lipinski definition) is 2. The number of urea groups is 1. The lowest BCUT2D eigenvalue weighted by Gasteiger charge is -2.18. The highest BCUT2D eigenvalue weighted by Crippen LogP contribution is 2.31. The van der Waals surface area contributed by atoms with E-state index in [0.717, 1.165) is 5.56 Å². The van der Waals surface area contributed by atoms with Crippen LogP contribution in [0.5, 0.6) is 11.5 Å². The van der Waals surface area contributed by atoms with Gasteiger partial charge in [-0.1, -0.05) is 29.3 Å². The van der Waals surface area contributed by atoms with Crippen LogP contribution >= 0.6 is 23.2 Å². The summed E-state index contributed by atoms with van der Waals surface area (Å²) in [6.07, 6.45) is 0.0403. The van der Waals surface area contributed by atoms with Crippen LogP contribution in [0.15, 0.2) is 36.4 Å². The van der Waals surface area contributed by atoms with Gasteiger partial charge in [-0.15, -0.1) is 0 Å². The summed E-state index contributed by atoms with van der Waals surface area (Å²) in [6, 6.07) is 9.79. The molecule has 2 rings (SSSR count). The normalized spacial score (nSPS) is 11.8. The van der Waals surface area contributed by atoms with Crippen LogP contribution in [0.2, 0.25) is 10.0 Å². The lowest BCUT2D eigenvalue weighted by atomic mass is 10.1. The maximum absolute atomic E-state index is 12.2. The molecule has 0 fully saturated rings. The van der Waals surface area contributed by atoms with Crippen molar-refractivity contribution in [3.05, 3.63) is 52.0 Å². The van der Waals surface area contributed by atoms with Gasteiger partial charge in [-0.2, -0.15) is 0 Å². The smallest absolute Gasteiger partial charge is 0.319 e. The summed E-state index contributed by atoms with van der Waals surface area (Å²) in [5, 5.41) is 6.45. The summed E-state index contributed by atoms with van der Waals surface area (Å²) in [5.41, 5.74) is 1.33. The molecule has 26 heavy (non-hydrogen) atoms. The van der Waals surface area contributed by atoms with E-state index >= 15 is 0 Å². The van der Waals surface area contributed by atoms with Crippen molar-refractivity contribution in [3.63, 3.8) is 0 Å². The van der Waals surface area contributed by atoms with Crippen molar-refractivity contribution in [2.24, 2.45) is 0 Å². The second kappa shape index (κ2) is 9.01. The van der Waals surface area contributed by atoms with E-state index in [-0.39, 0.29) is 18.2 Å². The van der Waals surface area contributed by atoms with Gasteiger partial charge in [0.2, 0.25) is 0 Å². The van der Waals surface area contributed by atoms with Crippen molar-refractivity contribution >= 4 is 34.9 Å². The minimum absolute atomic E-state index is 0.0403. The van der Waals surface area contributed by atoms with E-state index in [9.17, 15) is 4.79 Å². The Labute approximate surface area is 163 Å². The van der Waals surface area contributed by atoms with Crippen molar-refractivity contribution in [2.75, 3.05) is 12.4 Å². The molecule has 2 aromatic carbocycles. The molecule has 0 saturated carbocycles. The van der Waals surface area contributed by atoms with Gasteiger partial charge >= 0.3 is 6.03 Å². The van der Waals surface area contributed by atoms with E-state index in [0.29, 0.717) is 27.2 Å². The fraction of sp³-hybridized carbons (Fsp3) is 0.316. The number of anilines is 1. The lowest BCUT2D eigenvalue weighted by Crippen LogP contribution is -2.31. The fourth-order valence-corrected chi connectivity index (χ4v) is 2.67. The van der Waals surface area contributed by atoms with Crippen molar-refractivity contribution in [3.8, 4) is 11.5 Å². The Morgan fingerprint density at radius 3 is 2.42 bits per heavy atom. The maximum atomic E-state index is 12.2. The zero-order chi connectivity index (χ0) is 19.3. The largest absolute Gasteiger partial charge is 0.493 e. The molecule has 0 radical (unpaired) electrons. The number of ether oxygens (including phenoxy) is 2. The molecule has 0 aliphatic carbocycles. The number of amides is 2. The van der Waals surface area contributed by atoms with Gasteiger partial charge in [0.25, 0.3) is 0 Å². The van der Waals surface area contributed by atoms with Crippen LogP contribution in [0.3, 0.4) is 0 Å². The molecule has 1 atom stereocenters. The van der Waals surface area contributed by atoms with E-state index in [1.54, 1.807) is 25.3 Å². The third kappa shape index (κ3) is 5.44. The molecular weight excluding hydrogens is 375 g/mol. The summed E-state index contributed by atoms with van der Waals surface area (Å²) in [7, 11) is 1.58. The predicted octanol–water partition coefficient (Wildman–Crippen LogP) is 5.67. The third-order valence-electron chi connectivity index (χ3n) is 3.57. The van der Waals surface area contributed by atoms with Crippen LogP contribution in [0, 0.1) is 0 Å². The molecular formula is C19H22Cl2N2O3. The van der Waals surface area contributed by atoms with Gasteiger partial charge in [-0.25, -0.2) is 4.79 Å². The Bertz CT molecular complexity index is 781. The summed E-state index contributed by atoms with van der Waals surface area (Å²) in [4.78, 5) is 12.2. The molecule has 0 aromatic heterocycles. The molecule has 2 amide bonds. The molecule has 7 heteroatoms. The Balaban J connectivity index is 2.07. The number of carbonyl (C=O) groups is 1. The van der Waals surface area contributed by atoms with E-state index < -0.39 is 0 Å². The Hall–Kier alpha value is -2.11. The third-order valence-corrected chi connectivity index (χ3v) is 4.14. The summed E-state index contributed by atoms with van der Waals surface area (Å²) in [6.45, 7) is 5.77. The van der Waals surface area contributed by atoms with Gasteiger partial charge in [0.05, 0.1) is 30.0 Å². The summed E-state index contributed by atoms with van der Waals surface area (Å²) < 4.78 is 11.1. The highest BCUT2D eigenvalue weighted by molar-refractivity contribution is 6.35. The first kappa shape index (κ1) is 20.2. The van der Waals surface area contributed by atoms with Gasteiger partial charge in [0.15, 0.2) is 11.5 Å². The number of carbonyl (C=O) groups excluding carboxylic acids is 1. The fourth-order valence-electron chi connectivity index (χ4n) is 2.34. The molecule has 0 heterocycles. The predicted molar refractivity (Wildman–Crippen MR) is 106 cm³/mol. The second-order valence-corrected chi connectivity index (χ2v) is 6.86. The number of methoxy groups -OCH3 is 1. The van der Waals surface area contributed by atoms with Crippen LogP contribution in [0.25, 0.3) is 0 Å². The van der Waals surface area contributed by atoms with Crippen LogP contribution in [0.1, 0.15) is 32.4 Å². The van der Waals surface area contributed by atoms with Gasteiger partial charge < -0.3 is 20.1 Å². The number of benzene rings is 2. The van der Waals surface area contributed by atoms with E-state index in [1.165, 1.54) is 0 Å². The zero-order valence-electron chi connectivity index (χ0n) is 15.1. The van der Waals surface area contributed by atoms with E-state index in [2.05, 4.69) is 10.6 Å². The van der Waals surface area contributed by atoms with Crippen molar-refractivity contribution < 1.29 is 14.3 Å².